The quantitative estimate of drug-likeness (QED) is 0.207. The smallest absolute Gasteiger partial charge is 0.261 e. The molecule has 2 heterocycles. The number of thiophene rings is 1. The van der Waals surface area contributed by atoms with E-state index in [1.54, 1.807) is 0 Å². The largest absolute Gasteiger partial charge is 0.369 e. The zero-order valence-electron chi connectivity index (χ0n) is 17.7. The Hall–Kier alpha value is -1.81. The second kappa shape index (κ2) is 12.8. The van der Waals surface area contributed by atoms with Gasteiger partial charge in [-0.3, -0.25) is 9.79 Å². The summed E-state index contributed by atoms with van der Waals surface area (Å²) in [6.07, 6.45) is 1.91. The van der Waals surface area contributed by atoms with Crippen LogP contribution in [0.4, 0.5) is 5.69 Å². The summed E-state index contributed by atoms with van der Waals surface area (Å²) in [5, 5.41) is 11.7. The molecule has 1 fully saturated rings. The Balaban J connectivity index is 0.00000320. The topological polar surface area (TPSA) is 68.8 Å². The van der Waals surface area contributed by atoms with E-state index in [4.69, 9.17) is 0 Å². The minimum absolute atomic E-state index is 0. The molecule has 1 saturated heterocycles. The molecule has 0 bridgehead atoms. The molecule has 1 atom stereocenters. The fraction of sp³-hybridized carbons (Fsp3) is 0.455. The number of rotatable bonds is 8. The first-order valence-electron chi connectivity index (χ1n) is 10.3. The van der Waals surface area contributed by atoms with Gasteiger partial charge < -0.3 is 20.9 Å². The zero-order valence-corrected chi connectivity index (χ0v) is 20.8. The van der Waals surface area contributed by atoms with Crippen LogP contribution in [0.15, 0.2) is 46.8 Å². The third-order valence-corrected chi connectivity index (χ3v) is 5.78. The van der Waals surface area contributed by atoms with Gasteiger partial charge in [-0.1, -0.05) is 23.8 Å². The van der Waals surface area contributed by atoms with Crippen LogP contribution in [0.1, 0.15) is 35.0 Å². The molecule has 1 amide bonds. The molecule has 6 nitrogen and oxygen atoms in total. The van der Waals surface area contributed by atoms with Crippen molar-refractivity contribution in [2.24, 2.45) is 4.99 Å². The summed E-state index contributed by atoms with van der Waals surface area (Å²) in [5.41, 5.74) is 2.57. The van der Waals surface area contributed by atoms with Gasteiger partial charge in [0, 0.05) is 44.5 Å². The Kier molecular flexibility index (Phi) is 10.4. The second-order valence-electron chi connectivity index (χ2n) is 7.26. The number of aryl methyl sites for hydroxylation is 1. The number of nitrogens with one attached hydrogen (secondary N) is 3. The molecule has 0 aliphatic carbocycles. The lowest BCUT2D eigenvalue weighted by Crippen LogP contribution is -2.44. The van der Waals surface area contributed by atoms with Crippen LogP contribution in [-0.2, 0) is 0 Å². The van der Waals surface area contributed by atoms with Crippen LogP contribution in [0, 0.1) is 6.92 Å². The maximum absolute atomic E-state index is 11.9. The molecule has 1 unspecified atom stereocenters. The van der Waals surface area contributed by atoms with Crippen molar-refractivity contribution in [2.45, 2.75) is 32.7 Å². The number of carbonyl (C=O) groups is 1. The van der Waals surface area contributed by atoms with Crippen molar-refractivity contribution in [3.05, 3.63) is 52.2 Å². The van der Waals surface area contributed by atoms with Crippen LogP contribution in [-0.4, -0.2) is 50.6 Å². The SMILES string of the molecule is CCNC(=NCCCNC(=O)c1cccs1)NC1CCN(c2ccc(C)cc2)C1.I. The maximum atomic E-state index is 11.9. The van der Waals surface area contributed by atoms with Gasteiger partial charge in [0.1, 0.15) is 0 Å². The molecule has 164 valence electrons. The lowest BCUT2D eigenvalue weighted by Gasteiger charge is -2.20. The molecular formula is C22H32IN5OS. The molecule has 0 radical (unpaired) electrons. The Morgan fingerprint density at radius 2 is 2.03 bits per heavy atom. The van der Waals surface area contributed by atoms with Gasteiger partial charge >= 0.3 is 0 Å². The van der Waals surface area contributed by atoms with E-state index < -0.39 is 0 Å². The van der Waals surface area contributed by atoms with Crippen molar-refractivity contribution in [1.29, 1.82) is 0 Å². The Morgan fingerprint density at radius 3 is 2.73 bits per heavy atom. The normalized spacial score (nSPS) is 16.1. The van der Waals surface area contributed by atoms with Crippen molar-refractivity contribution in [1.82, 2.24) is 16.0 Å². The minimum Gasteiger partial charge on any atom is -0.369 e. The van der Waals surface area contributed by atoms with Gasteiger partial charge in [-0.2, -0.15) is 0 Å². The van der Waals surface area contributed by atoms with E-state index in [2.05, 4.69) is 64.0 Å². The predicted octanol–water partition coefficient (Wildman–Crippen LogP) is 3.63. The number of amides is 1. The molecule has 0 saturated carbocycles. The standard InChI is InChI=1S/C22H31N5OS.HI/c1-3-23-22(25-13-5-12-24-21(28)20-6-4-15-29-20)26-18-11-14-27(16-18)19-9-7-17(2)8-10-19;/h4,6-10,15,18H,3,5,11-14,16H2,1-2H3,(H,24,28)(H2,23,25,26);1H. The molecule has 1 aliphatic rings. The van der Waals surface area contributed by atoms with Gasteiger partial charge in [-0.25, -0.2) is 0 Å². The second-order valence-corrected chi connectivity index (χ2v) is 8.21. The number of hydrogen-bond donors (Lipinski definition) is 3. The van der Waals surface area contributed by atoms with Gasteiger partial charge in [0.15, 0.2) is 5.96 Å². The predicted molar refractivity (Wildman–Crippen MR) is 138 cm³/mol. The highest BCUT2D eigenvalue weighted by atomic mass is 127. The molecule has 8 heteroatoms. The molecule has 3 rings (SSSR count). The summed E-state index contributed by atoms with van der Waals surface area (Å²) < 4.78 is 0. The highest BCUT2D eigenvalue weighted by Gasteiger charge is 2.23. The number of aliphatic imine (C=N–C) groups is 1. The first kappa shape index (κ1) is 24.5. The molecule has 1 aromatic heterocycles. The molecule has 2 aromatic rings. The van der Waals surface area contributed by atoms with Gasteiger partial charge in [0.05, 0.1) is 4.88 Å². The molecule has 3 N–H and O–H groups in total. The fourth-order valence-electron chi connectivity index (χ4n) is 3.35. The van der Waals surface area contributed by atoms with E-state index in [1.165, 1.54) is 22.6 Å². The van der Waals surface area contributed by atoms with Crippen LogP contribution in [0.5, 0.6) is 0 Å². The number of nitrogens with zero attached hydrogens (tertiary/aromatic N) is 2. The van der Waals surface area contributed by atoms with Gasteiger partial charge in [-0.05, 0) is 50.3 Å². The summed E-state index contributed by atoms with van der Waals surface area (Å²) in [5.74, 6) is 0.851. The number of halogens is 1. The first-order valence-corrected chi connectivity index (χ1v) is 11.2. The van der Waals surface area contributed by atoms with Gasteiger partial charge in [0.25, 0.3) is 5.91 Å². The van der Waals surface area contributed by atoms with Crippen LogP contribution >= 0.6 is 35.3 Å². The molecule has 30 heavy (non-hydrogen) atoms. The number of hydrogen-bond acceptors (Lipinski definition) is 4. The van der Waals surface area contributed by atoms with Crippen molar-refractivity contribution < 1.29 is 4.79 Å². The van der Waals surface area contributed by atoms with Crippen molar-refractivity contribution in [2.75, 3.05) is 37.6 Å². The summed E-state index contributed by atoms with van der Waals surface area (Å²) in [6.45, 7) is 8.35. The average Bonchev–Trinajstić information content (AvgIpc) is 3.40. The van der Waals surface area contributed by atoms with Crippen molar-refractivity contribution in [3.8, 4) is 0 Å². The zero-order chi connectivity index (χ0) is 20.5. The van der Waals surface area contributed by atoms with Gasteiger partial charge in [0.2, 0.25) is 0 Å². The summed E-state index contributed by atoms with van der Waals surface area (Å²) >= 11 is 1.46. The van der Waals surface area contributed by atoms with E-state index in [0.29, 0.717) is 19.1 Å². The molecule has 1 aromatic carbocycles. The van der Waals surface area contributed by atoms with Crippen molar-refractivity contribution in [3.63, 3.8) is 0 Å². The Bertz CT molecular complexity index is 794. The number of anilines is 1. The van der Waals surface area contributed by atoms with Gasteiger partial charge in [-0.15, -0.1) is 35.3 Å². The van der Waals surface area contributed by atoms with E-state index in [1.807, 2.05) is 17.5 Å². The summed E-state index contributed by atoms with van der Waals surface area (Å²) in [7, 11) is 0. The average molecular weight is 542 g/mol. The highest BCUT2D eigenvalue weighted by Crippen LogP contribution is 2.20. The molecule has 1 aliphatic heterocycles. The van der Waals surface area contributed by atoms with E-state index >= 15 is 0 Å². The first-order chi connectivity index (χ1) is 14.2. The lowest BCUT2D eigenvalue weighted by molar-refractivity contribution is 0.0957. The number of carbonyl (C=O) groups excluding carboxylic acids is 1. The highest BCUT2D eigenvalue weighted by molar-refractivity contribution is 14.0. The van der Waals surface area contributed by atoms with E-state index in [9.17, 15) is 4.79 Å². The van der Waals surface area contributed by atoms with Crippen LogP contribution in [0.25, 0.3) is 0 Å². The number of benzene rings is 1. The summed E-state index contributed by atoms with van der Waals surface area (Å²) in [6, 6.07) is 12.8. The Morgan fingerprint density at radius 1 is 1.23 bits per heavy atom. The third kappa shape index (κ3) is 7.46. The lowest BCUT2D eigenvalue weighted by atomic mass is 10.2. The molecule has 0 spiro atoms. The summed E-state index contributed by atoms with van der Waals surface area (Å²) in [4.78, 5) is 19.8. The van der Waals surface area contributed by atoms with Crippen LogP contribution in [0.3, 0.4) is 0 Å². The third-order valence-electron chi connectivity index (χ3n) is 4.91. The fourth-order valence-corrected chi connectivity index (χ4v) is 3.99. The number of guanidine groups is 1. The van der Waals surface area contributed by atoms with E-state index in [-0.39, 0.29) is 29.9 Å². The molecular weight excluding hydrogens is 509 g/mol. The van der Waals surface area contributed by atoms with E-state index in [0.717, 1.165) is 43.3 Å². The van der Waals surface area contributed by atoms with Crippen LogP contribution in [0.2, 0.25) is 0 Å². The Labute approximate surface area is 200 Å². The van der Waals surface area contributed by atoms with Crippen molar-refractivity contribution >= 4 is 52.9 Å². The van der Waals surface area contributed by atoms with Crippen LogP contribution < -0.4 is 20.9 Å². The minimum atomic E-state index is -0.00355. The monoisotopic (exact) mass is 541 g/mol. The maximum Gasteiger partial charge on any atom is 0.261 e.